The van der Waals surface area contributed by atoms with Crippen LogP contribution in [0.4, 0.5) is 0 Å². The van der Waals surface area contributed by atoms with Crippen LogP contribution >= 0.6 is 0 Å². The lowest BCUT2D eigenvalue weighted by Gasteiger charge is -2.40. The molecule has 28 heavy (non-hydrogen) atoms. The summed E-state index contributed by atoms with van der Waals surface area (Å²) >= 11 is 0. The standard InChI is InChI=1S/C21H23N5O2/c27-18(8-7-17-23-20(25-28-17)15-5-2-1-3-6-15)26-12-4-10-21(14-26)11-9-16-13-22-24-19(16)21/h1-3,5-6,13H,4,7-12,14H2,(H,22,24). The number of fused-ring (bicyclic) bond motifs is 2. The SMILES string of the molecule is O=C(CCc1nc(-c2ccccc2)no1)N1CCCC2(CCc3cn[nH]c32)C1. The molecule has 0 radical (unpaired) electrons. The molecule has 1 amide bonds. The Morgan fingerprint density at radius 2 is 2.14 bits per heavy atom. The number of benzene rings is 1. The van der Waals surface area contributed by atoms with Gasteiger partial charge in [0, 0.05) is 42.6 Å². The number of aromatic amines is 1. The van der Waals surface area contributed by atoms with Gasteiger partial charge in [-0.1, -0.05) is 35.5 Å². The van der Waals surface area contributed by atoms with Crippen molar-refractivity contribution in [2.45, 2.75) is 43.9 Å². The molecule has 3 aromatic rings. The number of nitrogens with zero attached hydrogens (tertiary/aromatic N) is 4. The normalized spacial score (nSPS) is 21.2. The highest BCUT2D eigenvalue weighted by Crippen LogP contribution is 2.43. The minimum Gasteiger partial charge on any atom is -0.342 e. The first-order valence-corrected chi connectivity index (χ1v) is 9.92. The highest BCUT2D eigenvalue weighted by molar-refractivity contribution is 5.76. The van der Waals surface area contributed by atoms with Crippen molar-refractivity contribution in [3.05, 3.63) is 53.7 Å². The van der Waals surface area contributed by atoms with E-state index >= 15 is 0 Å². The number of aromatic nitrogens is 4. The number of carbonyl (C=O) groups excluding carboxylic acids is 1. The Kier molecular flexibility index (Phi) is 4.22. The van der Waals surface area contributed by atoms with E-state index in [0.717, 1.165) is 44.3 Å². The molecule has 1 aliphatic heterocycles. The Balaban J connectivity index is 1.23. The minimum absolute atomic E-state index is 0.0602. The summed E-state index contributed by atoms with van der Waals surface area (Å²) in [5.41, 5.74) is 3.53. The smallest absolute Gasteiger partial charge is 0.227 e. The zero-order valence-corrected chi connectivity index (χ0v) is 15.7. The topological polar surface area (TPSA) is 87.9 Å². The Morgan fingerprint density at radius 1 is 1.25 bits per heavy atom. The van der Waals surface area contributed by atoms with E-state index in [1.54, 1.807) is 0 Å². The molecule has 1 fully saturated rings. The van der Waals surface area contributed by atoms with E-state index in [4.69, 9.17) is 4.52 Å². The van der Waals surface area contributed by atoms with Crippen molar-refractivity contribution in [3.63, 3.8) is 0 Å². The summed E-state index contributed by atoms with van der Waals surface area (Å²) in [6, 6.07) is 9.71. The van der Waals surface area contributed by atoms with Gasteiger partial charge in [-0.05, 0) is 31.2 Å². The average molecular weight is 377 g/mol. The summed E-state index contributed by atoms with van der Waals surface area (Å²) in [4.78, 5) is 19.3. The number of H-pyrrole nitrogens is 1. The monoisotopic (exact) mass is 377 g/mol. The van der Waals surface area contributed by atoms with Crippen LogP contribution in [0.1, 0.15) is 42.8 Å². The molecule has 144 valence electrons. The van der Waals surface area contributed by atoms with Crippen molar-refractivity contribution in [2.75, 3.05) is 13.1 Å². The van der Waals surface area contributed by atoms with E-state index < -0.39 is 0 Å². The minimum atomic E-state index is 0.0602. The molecule has 1 atom stereocenters. The molecule has 7 nitrogen and oxygen atoms in total. The van der Waals surface area contributed by atoms with Crippen molar-refractivity contribution < 1.29 is 9.32 Å². The van der Waals surface area contributed by atoms with Crippen LogP contribution in [0, 0.1) is 0 Å². The third-order valence-corrected chi connectivity index (χ3v) is 6.10. The number of aryl methyl sites for hydroxylation is 2. The lowest BCUT2D eigenvalue weighted by atomic mass is 9.77. The molecule has 2 aliphatic rings. The molecule has 0 bridgehead atoms. The molecular formula is C21H23N5O2. The molecule has 5 rings (SSSR count). The zero-order chi connectivity index (χ0) is 19.0. The van der Waals surface area contributed by atoms with Crippen LogP contribution in [-0.2, 0) is 23.1 Å². The average Bonchev–Trinajstić information content (AvgIpc) is 3.46. The Bertz CT molecular complexity index is 980. The summed E-state index contributed by atoms with van der Waals surface area (Å²) in [5, 5.41) is 11.4. The molecule has 1 N–H and O–H groups in total. The fraction of sp³-hybridized carbons (Fsp3) is 0.429. The summed E-state index contributed by atoms with van der Waals surface area (Å²) in [6.45, 7) is 1.60. The van der Waals surface area contributed by atoms with Gasteiger partial charge in [-0.25, -0.2) is 0 Å². The Hall–Kier alpha value is -2.96. The number of nitrogens with one attached hydrogen (secondary N) is 1. The molecular weight excluding hydrogens is 354 g/mol. The van der Waals surface area contributed by atoms with E-state index in [9.17, 15) is 4.79 Å². The maximum absolute atomic E-state index is 12.8. The van der Waals surface area contributed by atoms with Gasteiger partial charge in [-0.2, -0.15) is 10.1 Å². The van der Waals surface area contributed by atoms with Crippen molar-refractivity contribution >= 4 is 5.91 Å². The van der Waals surface area contributed by atoms with Crippen LogP contribution < -0.4 is 0 Å². The van der Waals surface area contributed by atoms with E-state index in [1.165, 1.54) is 11.3 Å². The Labute approximate surface area is 163 Å². The number of amides is 1. The van der Waals surface area contributed by atoms with Gasteiger partial charge in [0.2, 0.25) is 17.6 Å². The predicted octanol–water partition coefficient (Wildman–Crippen LogP) is 2.90. The van der Waals surface area contributed by atoms with Crippen LogP contribution in [0.2, 0.25) is 0 Å². The van der Waals surface area contributed by atoms with Gasteiger partial charge in [0.15, 0.2) is 0 Å². The van der Waals surface area contributed by atoms with Gasteiger partial charge in [-0.15, -0.1) is 0 Å². The first-order chi connectivity index (χ1) is 13.7. The predicted molar refractivity (Wildman–Crippen MR) is 102 cm³/mol. The second-order valence-electron chi connectivity index (χ2n) is 7.85. The first-order valence-electron chi connectivity index (χ1n) is 9.92. The van der Waals surface area contributed by atoms with Crippen LogP contribution in [-0.4, -0.2) is 44.2 Å². The molecule has 3 heterocycles. The van der Waals surface area contributed by atoms with Crippen molar-refractivity contribution in [2.24, 2.45) is 0 Å². The molecule has 1 aliphatic carbocycles. The van der Waals surface area contributed by atoms with Crippen LogP contribution in [0.5, 0.6) is 0 Å². The van der Waals surface area contributed by atoms with E-state index in [-0.39, 0.29) is 11.3 Å². The molecule has 0 saturated carbocycles. The van der Waals surface area contributed by atoms with Gasteiger partial charge in [-0.3, -0.25) is 9.89 Å². The van der Waals surface area contributed by atoms with Gasteiger partial charge in [0.1, 0.15) is 0 Å². The zero-order valence-electron chi connectivity index (χ0n) is 15.7. The second-order valence-corrected chi connectivity index (χ2v) is 7.85. The lowest BCUT2D eigenvalue weighted by Crippen LogP contribution is -2.47. The maximum Gasteiger partial charge on any atom is 0.227 e. The molecule has 1 saturated heterocycles. The number of piperidine rings is 1. The highest BCUT2D eigenvalue weighted by Gasteiger charge is 2.44. The molecule has 7 heteroatoms. The summed E-state index contributed by atoms with van der Waals surface area (Å²) in [5.74, 6) is 1.24. The van der Waals surface area contributed by atoms with Crippen LogP contribution in [0.25, 0.3) is 11.4 Å². The second kappa shape index (κ2) is 6.89. The quantitative estimate of drug-likeness (QED) is 0.755. The fourth-order valence-corrected chi connectivity index (χ4v) is 4.64. The van der Waals surface area contributed by atoms with Gasteiger partial charge < -0.3 is 9.42 Å². The van der Waals surface area contributed by atoms with Crippen LogP contribution in [0.3, 0.4) is 0 Å². The van der Waals surface area contributed by atoms with E-state index in [0.29, 0.717) is 24.6 Å². The third kappa shape index (κ3) is 3.00. The summed E-state index contributed by atoms with van der Waals surface area (Å²) < 4.78 is 5.34. The molecule has 1 aromatic carbocycles. The lowest BCUT2D eigenvalue weighted by molar-refractivity contribution is -0.133. The van der Waals surface area contributed by atoms with E-state index in [2.05, 4.69) is 20.3 Å². The van der Waals surface area contributed by atoms with Gasteiger partial charge in [0.05, 0.1) is 6.20 Å². The molecule has 1 unspecified atom stereocenters. The van der Waals surface area contributed by atoms with Gasteiger partial charge in [0.25, 0.3) is 0 Å². The van der Waals surface area contributed by atoms with E-state index in [1.807, 2.05) is 41.4 Å². The number of hydrogen-bond donors (Lipinski definition) is 1. The van der Waals surface area contributed by atoms with Crippen molar-refractivity contribution in [3.8, 4) is 11.4 Å². The van der Waals surface area contributed by atoms with Crippen molar-refractivity contribution in [1.82, 2.24) is 25.2 Å². The first kappa shape index (κ1) is 17.2. The summed E-state index contributed by atoms with van der Waals surface area (Å²) in [6.07, 6.45) is 7.10. The number of hydrogen-bond acceptors (Lipinski definition) is 5. The fourth-order valence-electron chi connectivity index (χ4n) is 4.64. The Morgan fingerprint density at radius 3 is 3.04 bits per heavy atom. The summed E-state index contributed by atoms with van der Waals surface area (Å²) in [7, 11) is 0. The molecule has 1 spiro atoms. The third-order valence-electron chi connectivity index (χ3n) is 6.10. The largest absolute Gasteiger partial charge is 0.342 e. The number of likely N-dealkylation sites (tertiary alicyclic amines) is 1. The highest BCUT2D eigenvalue weighted by atomic mass is 16.5. The molecule has 2 aromatic heterocycles. The van der Waals surface area contributed by atoms with Gasteiger partial charge >= 0.3 is 0 Å². The maximum atomic E-state index is 12.8. The van der Waals surface area contributed by atoms with Crippen molar-refractivity contribution in [1.29, 1.82) is 0 Å². The number of rotatable bonds is 4. The van der Waals surface area contributed by atoms with Crippen LogP contribution in [0.15, 0.2) is 41.1 Å². The number of carbonyl (C=O) groups is 1.